The van der Waals surface area contributed by atoms with Gasteiger partial charge in [-0.15, -0.1) is 0 Å². The Balaban J connectivity index is 1.59. The van der Waals surface area contributed by atoms with Gasteiger partial charge in [-0.3, -0.25) is 0 Å². The van der Waals surface area contributed by atoms with Crippen LogP contribution in [0.2, 0.25) is 0 Å². The lowest BCUT2D eigenvalue weighted by Crippen LogP contribution is -2.42. The van der Waals surface area contributed by atoms with Crippen molar-refractivity contribution in [2.75, 3.05) is 0 Å². The molecule has 172 valence electrons. The normalized spacial score (nSPS) is 34.1. The molecule has 1 aromatic rings. The van der Waals surface area contributed by atoms with Gasteiger partial charge in [0.15, 0.2) is 0 Å². The maximum Gasteiger partial charge on any atom is -0.00446 e. The summed E-state index contributed by atoms with van der Waals surface area (Å²) >= 11 is 0. The number of unbranched alkanes of at least 4 members (excludes halogenated alkanes) is 2. The first kappa shape index (κ1) is 23.3. The van der Waals surface area contributed by atoms with Gasteiger partial charge in [0, 0.05) is 0 Å². The predicted octanol–water partition coefficient (Wildman–Crippen LogP) is 9.75. The molecule has 0 heterocycles. The molecule has 1 fully saturated rings. The molecule has 0 saturated heterocycles. The fraction of sp³-hybridized carbons (Fsp3) is 0.562. The Hall–Kier alpha value is -1.82. The third kappa shape index (κ3) is 4.11. The molecule has 1 saturated carbocycles. The molecule has 0 amide bonds. The molecule has 3 aliphatic rings. The molecule has 0 spiro atoms. The average Bonchev–Trinajstić information content (AvgIpc) is 3.06. The smallest absolute Gasteiger partial charge is 0.00446 e. The molecule has 1 aromatic carbocycles. The second-order valence-electron chi connectivity index (χ2n) is 11.2. The van der Waals surface area contributed by atoms with Gasteiger partial charge in [-0.05, 0) is 96.3 Å². The monoisotopic (exact) mass is 428 g/mol. The van der Waals surface area contributed by atoms with Crippen LogP contribution in [0.15, 0.2) is 54.7 Å². The van der Waals surface area contributed by atoms with E-state index in [0.29, 0.717) is 16.7 Å². The van der Waals surface area contributed by atoms with E-state index in [9.17, 15) is 0 Å². The van der Waals surface area contributed by atoms with Crippen LogP contribution in [0.1, 0.15) is 108 Å². The number of allylic oxidation sites excluding steroid dienone is 5. The third-order valence-electron chi connectivity index (χ3n) is 9.37. The van der Waals surface area contributed by atoms with Gasteiger partial charge in [-0.2, -0.15) is 0 Å². The summed E-state index contributed by atoms with van der Waals surface area (Å²) in [4.78, 5) is 0. The van der Waals surface area contributed by atoms with E-state index in [1.165, 1.54) is 74.5 Å². The minimum Gasteiger partial charge on any atom is -0.0984 e. The zero-order valence-electron chi connectivity index (χ0n) is 21.0. The van der Waals surface area contributed by atoms with Crippen molar-refractivity contribution in [1.29, 1.82) is 0 Å². The number of fused-ring (bicyclic) bond motifs is 3. The number of rotatable bonds is 7. The molecule has 0 nitrogen and oxygen atoms in total. The highest BCUT2D eigenvalue weighted by molar-refractivity contribution is 5.65. The summed E-state index contributed by atoms with van der Waals surface area (Å²) in [6.45, 7) is 13.7. The van der Waals surface area contributed by atoms with Gasteiger partial charge in [-0.25, -0.2) is 0 Å². The fourth-order valence-corrected chi connectivity index (χ4v) is 7.49. The first-order chi connectivity index (χ1) is 15.5. The van der Waals surface area contributed by atoms with Crippen molar-refractivity contribution in [3.63, 3.8) is 0 Å². The summed E-state index contributed by atoms with van der Waals surface area (Å²) in [5.41, 5.74) is 6.43. The van der Waals surface area contributed by atoms with Gasteiger partial charge < -0.3 is 0 Å². The first-order valence-electron chi connectivity index (χ1n) is 13.2. The lowest BCUT2D eigenvalue weighted by molar-refractivity contribution is 0.0706. The van der Waals surface area contributed by atoms with Crippen LogP contribution in [0.4, 0.5) is 0 Å². The van der Waals surface area contributed by atoms with Gasteiger partial charge in [0.25, 0.3) is 0 Å². The second-order valence-corrected chi connectivity index (χ2v) is 11.2. The van der Waals surface area contributed by atoms with E-state index in [1.807, 2.05) is 6.08 Å². The van der Waals surface area contributed by atoms with Crippen LogP contribution in [0, 0.1) is 22.7 Å². The van der Waals surface area contributed by atoms with Gasteiger partial charge in [0.2, 0.25) is 0 Å². The molecule has 0 heteroatoms. The fourth-order valence-electron chi connectivity index (χ4n) is 7.49. The van der Waals surface area contributed by atoms with E-state index in [0.717, 1.165) is 11.8 Å². The molecule has 5 atom stereocenters. The topological polar surface area (TPSA) is 0 Å². The minimum atomic E-state index is 0.337. The zero-order chi connectivity index (χ0) is 22.8. The molecule has 32 heavy (non-hydrogen) atoms. The van der Waals surface area contributed by atoms with Crippen molar-refractivity contribution < 1.29 is 0 Å². The maximum absolute atomic E-state index is 4.10. The van der Waals surface area contributed by atoms with Crippen LogP contribution in [0.3, 0.4) is 0 Å². The van der Waals surface area contributed by atoms with E-state index in [4.69, 9.17) is 0 Å². The molecule has 3 aliphatic carbocycles. The standard InChI is InChI=1S/C32H44/c1-6-9-10-12-24-13-16-28-20-22-32(5)29(17-18-30(32)31(28,4)21-19-24)27-15-14-26(11-7-2)25(8-3)23-27/h7-8,11,13-16,20,23-24,29-30H,3,6,9-10,12,17-19,21-22H2,1-2,4-5H3/b11-7-/t24?,29?,30?,31-,32?/m0/s1. The SMILES string of the molecule is C=Cc1cc(C2CCC3C2(C)CC=C2C=CC(CCCCC)CC[C@@]23C)ccc1/C=C\C. The molecule has 0 N–H and O–H groups in total. The third-order valence-corrected chi connectivity index (χ3v) is 9.37. The van der Waals surface area contributed by atoms with Crippen molar-refractivity contribution in [1.82, 2.24) is 0 Å². The molecule has 4 unspecified atom stereocenters. The van der Waals surface area contributed by atoms with E-state index < -0.39 is 0 Å². The Labute approximate surface area is 197 Å². The van der Waals surface area contributed by atoms with Crippen LogP contribution >= 0.6 is 0 Å². The highest BCUT2D eigenvalue weighted by Gasteiger charge is 2.56. The Morgan fingerprint density at radius 1 is 1.09 bits per heavy atom. The lowest BCUT2D eigenvalue weighted by atomic mass is 9.53. The lowest BCUT2D eigenvalue weighted by Gasteiger charge is -2.50. The van der Waals surface area contributed by atoms with Crippen LogP contribution in [0.5, 0.6) is 0 Å². The Morgan fingerprint density at radius 2 is 1.94 bits per heavy atom. The van der Waals surface area contributed by atoms with Gasteiger partial charge in [0.1, 0.15) is 0 Å². The van der Waals surface area contributed by atoms with E-state index in [2.05, 4.69) is 82.9 Å². The molecule has 0 radical (unpaired) electrons. The highest BCUT2D eigenvalue weighted by Crippen LogP contribution is 2.66. The summed E-state index contributed by atoms with van der Waals surface area (Å²) in [6.07, 6.45) is 26.2. The minimum absolute atomic E-state index is 0.337. The largest absolute Gasteiger partial charge is 0.0984 e. The van der Waals surface area contributed by atoms with Crippen LogP contribution in [-0.2, 0) is 0 Å². The van der Waals surface area contributed by atoms with Crippen molar-refractivity contribution in [2.24, 2.45) is 22.7 Å². The van der Waals surface area contributed by atoms with E-state index in [1.54, 1.807) is 5.57 Å². The van der Waals surface area contributed by atoms with Crippen LogP contribution in [-0.4, -0.2) is 0 Å². The Bertz CT molecular complexity index is 912. The molecule has 4 rings (SSSR count). The first-order valence-corrected chi connectivity index (χ1v) is 13.2. The maximum atomic E-state index is 4.10. The van der Waals surface area contributed by atoms with Gasteiger partial charge in [-0.1, -0.05) is 101 Å². The summed E-state index contributed by atoms with van der Waals surface area (Å²) in [5, 5.41) is 0. The molecule has 0 aliphatic heterocycles. The van der Waals surface area contributed by atoms with E-state index >= 15 is 0 Å². The summed E-state index contributed by atoms with van der Waals surface area (Å²) in [7, 11) is 0. The van der Waals surface area contributed by atoms with Crippen molar-refractivity contribution in [3.8, 4) is 0 Å². The number of hydrogen-bond donors (Lipinski definition) is 0. The van der Waals surface area contributed by atoms with Crippen LogP contribution < -0.4 is 0 Å². The quantitative estimate of drug-likeness (QED) is 0.379. The number of hydrogen-bond acceptors (Lipinski definition) is 0. The molecular formula is C32H44. The van der Waals surface area contributed by atoms with Crippen molar-refractivity contribution in [3.05, 3.63) is 71.3 Å². The van der Waals surface area contributed by atoms with Crippen LogP contribution in [0.25, 0.3) is 12.2 Å². The average molecular weight is 429 g/mol. The Morgan fingerprint density at radius 3 is 2.69 bits per heavy atom. The Kier molecular flexibility index (Phi) is 6.99. The van der Waals surface area contributed by atoms with Gasteiger partial charge >= 0.3 is 0 Å². The summed E-state index contributed by atoms with van der Waals surface area (Å²) in [5.74, 6) is 2.21. The second kappa shape index (κ2) is 9.58. The molecule has 0 aromatic heterocycles. The summed E-state index contributed by atoms with van der Waals surface area (Å²) in [6, 6.07) is 7.14. The van der Waals surface area contributed by atoms with Crippen molar-refractivity contribution in [2.45, 2.75) is 91.4 Å². The number of benzene rings is 1. The highest BCUT2D eigenvalue weighted by atomic mass is 14.6. The summed E-state index contributed by atoms with van der Waals surface area (Å²) < 4.78 is 0. The van der Waals surface area contributed by atoms with Gasteiger partial charge in [0.05, 0.1) is 0 Å². The van der Waals surface area contributed by atoms with E-state index in [-0.39, 0.29) is 0 Å². The van der Waals surface area contributed by atoms with Crippen molar-refractivity contribution >= 4 is 12.2 Å². The predicted molar refractivity (Wildman–Crippen MR) is 142 cm³/mol. The molecule has 0 bridgehead atoms. The molecular weight excluding hydrogens is 384 g/mol. The zero-order valence-corrected chi connectivity index (χ0v) is 21.0.